The Morgan fingerprint density at radius 2 is 1.20 bits per heavy atom. The highest BCUT2D eigenvalue weighted by molar-refractivity contribution is 7.93. The second kappa shape index (κ2) is 12.8. The minimum Gasteiger partial charge on any atom is -0.283 e. The van der Waals surface area contributed by atoms with Gasteiger partial charge in [0.2, 0.25) is 20.0 Å². The summed E-state index contributed by atoms with van der Waals surface area (Å²) in [6.07, 6.45) is 4.69. The maximum absolute atomic E-state index is 12.2. The summed E-state index contributed by atoms with van der Waals surface area (Å²) in [5.74, 6) is 0.511. The van der Waals surface area contributed by atoms with Gasteiger partial charge in [-0.05, 0) is 54.6 Å². The second-order valence-electron chi connectivity index (χ2n) is 14.2. The number of hydrogen-bond acceptors (Lipinski definition) is 9. The molecule has 0 atom stereocenters. The zero-order valence-corrected chi connectivity index (χ0v) is 30.9. The molecule has 14 nitrogen and oxygen atoms in total. The Bertz CT molecular complexity index is 2550. The van der Waals surface area contributed by atoms with Crippen molar-refractivity contribution in [3.8, 4) is 22.8 Å². The third-order valence-corrected chi connectivity index (χ3v) is 10.3. The Morgan fingerprint density at radius 1 is 0.706 bits per heavy atom. The average Bonchev–Trinajstić information content (AvgIpc) is 3.78. The summed E-state index contributed by atoms with van der Waals surface area (Å²) in [6.45, 7) is 19.5. The molecule has 0 bridgehead atoms. The molecule has 51 heavy (non-hydrogen) atoms. The van der Waals surface area contributed by atoms with Gasteiger partial charge in [0.25, 0.3) is 0 Å². The van der Waals surface area contributed by atoms with Crippen molar-refractivity contribution < 1.29 is 16.8 Å². The molecular weight excluding hydrogens is 689 g/mol. The summed E-state index contributed by atoms with van der Waals surface area (Å²) < 4.78 is 56.9. The standard InChI is InChI=1S/C35H40N10O4S2/c1-9-19-50(46,47)42-24-15-11-22(12-16-24)30-36-32-26(28(34(3,4)5)38-44(32)40-30)21-27-29(35(6,7)8)39-45-33(27)37-31(41-45)23-13-17-25(18-14-23)43-51(48,49)20-10-2/h9-18,21,38,42-43H,1-2,19-20H2,3-8H3/b27-21-. The highest BCUT2D eigenvalue weighted by Gasteiger charge is 2.28. The minimum absolute atomic E-state index is 0.189. The summed E-state index contributed by atoms with van der Waals surface area (Å²) in [6, 6.07) is 13.7. The monoisotopic (exact) mass is 728 g/mol. The quantitative estimate of drug-likeness (QED) is 0.158. The first kappa shape index (κ1) is 35.5. The maximum atomic E-state index is 12.2. The van der Waals surface area contributed by atoms with Crippen LogP contribution in [0.25, 0.3) is 40.1 Å². The van der Waals surface area contributed by atoms with Crippen LogP contribution in [-0.2, 0) is 30.9 Å². The van der Waals surface area contributed by atoms with Crippen LogP contribution in [0.15, 0.2) is 73.8 Å². The van der Waals surface area contributed by atoms with Crippen LogP contribution in [0.2, 0.25) is 0 Å². The number of rotatable bonds is 11. The molecule has 0 aliphatic heterocycles. The summed E-state index contributed by atoms with van der Waals surface area (Å²) in [5.41, 5.74) is 5.24. The molecule has 0 saturated heterocycles. The molecule has 4 aromatic heterocycles. The van der Waals surface area contributed by atoms with Crippen molar-refractivity contribution in [2.45, 2.75) is 52.4 Å². The fourth-order valence-electron chi connectivity index (χ4n) is 5.55. The van der Waals surface area contributed by atoms with E-state index in [0.717, 1.165) is 22.2 Å². The highest BCUT2D eigenvalue weighted by Crippen LogP contribution is 2.30. The lowest BCUT2D eigenvalue weighted by atomic mass is 9.88. The van der Waals surface area contributed by atoms with Crippen molar-refractivity contribution in [1.82, 2.24) is 39.6 Å². The first-order valence-electron chi connectivity index (χ1n) is 16.1. The van der Waals surface area contributed by atoms with Crippen molar-refractivity contribution in [2.75, 3.05) is 20.9 Å². The van der Waals surface area contributed by atoms with E-state index in [1.807, 2.05) is 6.08 Å². The number of sulfonamides is 2. The maximum Gasteiger partial charge on any atom is 0.236 e. The average molecular weight is 729 g/mol. The molecule has 0 spiro atoms. The van der Waals surface area contributed by atoms with Crippen molar-refractivity contribution in [1.29, 1.82) is 0 Å². The molecule has 266 valence electrons. The second-order valence-corrected chi connectivity index (χ2v) is 17.8. The van der Waals surface area contributed by atoms with Gasteiger partial charge in [-0.1, -0.05) is 53.7 Å². The molecule has 0 amide bonds. The Kier molecular flexibility index (Phi) is 8.88. The van der Waals surface area contributed by atoms with Gasteiger partial charge in [-0.3, -0.25) is 14.5 Å². The largest absolute Gasteiger partial charge is 0.283 e. The Hall–Kier alpha value is -5.35. The van der Waals surface area contributed by atoms with E-state index in [2.05, 4.69) is 69.2 Å². The predicted molar refractivity (Wildman–Crippen MR) is 200 cm³/mol. The van der Waals surface area contributed by atoms with Crippen LogP contribution in [0.3, 0.4) is 0 Å². The van der Waals surface area contributed by atoms with E-state index in [4.69, 9.17) is 25.3 Å². The van der Waals surface area contributed by atoms with Gasteiger partial charge in [-0.2, -0.15) is 9.73 Å². The lowest BCUT2D eigenvalue weighted by Crippen LogP contribution is -2.22. The van der Waals surface area contributed by atoms with Gasteiger partial charge >= 0.3 is 0 Å². The first-order chi connectivity index (χ1) is 23.9. The third-order valence-electron chi connectivity index (χ3n) is 7.87. The van der Waals surface area contributed by atoms with Gasteiger partial charge in [0.1, 0.15) is 0 Å². The van der Waals surface area contributed by atoms with Crippen LogP contribution >= 0.6 is 0 Å². The lowest BCUT2D eigenvalue weighted by Gasteiger charge is -2.18. The smallest absolute Gasteiger partial charge is 0.236 e. The zero-order chi connectivity index (χ0) is 36.9. The van der Waals surface area contributed by atoms with Gasteiger partial charge in [0, 0.05) is 44.1 Å². The number of anilines is 2. The number of nitrogens with one attached hydrogen (secondary N) is 3. The fourth-order valence-corrected chi connectivity index (χ4v) is 7.33. The van der Waals surface area contributed by atoms with Gasteiger partial charge in [-0.25, -0.2) is 26.8 Å². The summed E-state index contributed by atoms with van der Waals surface area (Å²) in [5, 5.41) is 18.5. The molecule has 2 aromatic carbocycles. The van der Waals surface area contributed by atoms with Gasteiger partial charge < -0.3 is 0 Å². The first-order valence-corrected chi connectivity index (χ1v) is 19.4. The van der Waals surface area contributed by atoms with E-state index in [1.54, 1.807) is 53.2 Å². The molecule has 6 aromatic rings. The van der Waals surface area contributed by atoms with Crippen LogP contribution < -0.4 is 14.7 Å². The molecule has 0 radical (unpaired) electrons. The molecule has 6 rings (SSSR count). The van der Waals surface area contributed by atoms with E-state index in [9.17, 15) is 16.8 Å². The highest BCUT2D eigenvalue weighted by atomic mass is 32.2. The van der Waals surface area contributed by atoms with Crippen LogP contribution in [-0.4, -0.2) is 68.0 Å². The number of H-pyrrole nitrogens is 1. The number of nitrogens with zero attached hydrogens (tertiary/aromatic N) is 7. The van der Waals surface area contributed by atoms with Crippen LogP contribution in [0.4, 0.5) is 11.4 Å². The molecule has 0 fully saturated rings. The molecule has 0 saturated carbocycles. The van der Waals surface area contributed by atoms with Crippen molar-refractivity contribution in [3.05, 3.63) is 96.0 Å². The molecule has 3 N–H and O–H groups in total. The molecular formula is C35H40N10O4S2. The van der Waals surface area contributed by atoms with Gasteiger partial charge in [0.15, 0.2) is 22.9 Å². The van der Waals surface area contributed by atoms with Crippen molar-refractivity contribution >= 4 is 48.8 Å². The fraction of sp³-hybridized carbons (Fsp3) is 0.286. The van der Waals surface area contributed by atoms with E-state index in [-0.39, 0.29) is 22.3 Å². The Labute approximate surface area is 296 Å². The molecule has 0 aliphatic rings. The minimum atomic E-state index is -3.53. The van der Waals surface area contributed by atoms with Crippen LogP contribution in [0.5, 0.6) is 0 Å². The molecule has 0 unspecified atom stereocenters. The van der Waals surface area contributed by atoms with E-state index in [0.29, 0.717) is 45.4 Å². The number of aromatic nitrogens is 8. The number of benzene rings is 2. The number of fused-ring (bicyclic) bond motifs is 2. The summed E-state index contributed by atoms with van der Waals surface area (Å²) in [7, 11) is -7.07. The topological polar surface area (TPSA) is 181 Å². The number of hydrogen-bond donors (Lipinski definition) is 3. The third kappa shape index (κ3) is 7.42. The van der Waals surface area contributed by atoms with Crippen molar-refractivity contribution in [2.24, 2.45) is 0 Å². The van der Waals surface area contributed by atoms with Crippen LogP contribution in [0, 0.1) is 0 Å². The predicted octanol–water partition coefficient (Wildman–Crippen LogP) is 4.83. The zero-order valence-electron chi connectivity index (χ0n) is 29.3. The molecule has 16 heteroatoms. The number of aromatic amines is 1. The van der Waals surface area contributed by atoms with E-state index >= 15 is 0 Å². The van der Waals surface area contributed by atoms with E-state index < -0.39 is 20.0 Å². The van der Waals surface area contributed by atoms with Gasteiger partial charge in [-0.15, -0.1) is 28.0 Å². The van der Waals surface area contributed by atoms with Crippen molar-refractivity contribution in [3.63, 3.8) is 0 Å². The summed E-state index contributed by atoms with van der Waals surface area (Å²) >= 11 is 0. The molecule has 0 aliphatic carbocycles. The Morgan fingerprint density at radius 3 is 1.67 bits per heavy atom. The van der Waals surface area contributed by atoms with E-state index in [1.165, 1.54) is 16.8 Å². The lowest BCUT2D eigenvalue weighted by molar-refractivity contribution is 0.553. The normalized spacial score (nSPS) is 13.3. The molecule has 4 heterocycles. The SMILES string of the molecule is C=CCS(=O)(=O)Nc1ccc(-c2nc3/c(=C\c4c(C(C)(C)C)[nH]n5nc(-c6ccc(NS(=O)(=O)CC=C)cc6)nc45)c(C(C)(C)C)nn3n2)cc1. The van der Waals surface area contributed by atoms with Crippen LogP contribution in [0.1, 0.15) is 58.5 Å². The Balaban J connectivity index is 1.44. The van der Waals surface area contributed by atoms with Gasteiger partial charge in [0.05, 0.1) is 22.9 Å². The summed E-state index contributed by atoms with van der Waals surface area (Å²) in [4.78, 5) is 9.82.